The van der Waals surface area contributed by atoms with E-state index in [0.29, 0.717) is 53.9 Å². The number of rotatable bonds is 13. The summed E-state index contributed by atoms with van der Waals surface area (Å²) in [7, 11) is 1.73. The third-order valence-corrected chi connectivity index (χ3v) is 10.2. The number of anilines is 2. The highest BCUT2D eigenvalue weighted by atomic mass is 32.1. The molecule has 1 fully saturated rings. The number of ether oxygens (including phenoxy) is 1. The van der Waals surface area contributed by atoms with Crippen molar-refractivity contribution in [1.29, 1.82) is 0 Å². The zero-order chi connectivity index (χ0) is 37.3. The van der Waals surface area contributed by atoms with Crippen molar-refractivity contribution in [3.05, 3.63) is 142 Å². The third kappa shape index (κ3) is 9.34. The van der Waals surface area contributed by atoms with Gasteiger partial charge in [-0.05, 0) is 59.9 Å². The van der Waals surface area contributed by atoms with Crippen LogP contribution in [-0.2, 0) is 24.6 Å². The predicted molar refractivity (Wildman–Crippen MR) is 214 cm³/mol. The molecule has 4 heterocycles. The first kappa shape index (κ1) is 36.4. The number of carbonyl (C=O) groups excluding carboxylic acids is 3. The molecule has 0 aliphatic carbocycles. The Hall–Kier alpha value is -5.95. The van der Waals surface area contributed by atoms with E-state index in [2.05, 4.69) is 49.0 Å². The molecule has 0 unspecified atom stereocenters. The van der Waals surface area contributed by atoms with Gasteiger partial charge >= 0.3 is 0 Å². The van der Waals surface area contributed by atoms with Crippen LogP contribution in [0.2, 0.25) is 0 Å². The fourth-order valence-corrected chi connectivity index (χ4v) is 7.18. The average Bonchev–Trinajstić information content (AvgIpc) is 3.79. The normalized spacial score (nSPS) is 13.3. The molecule has 7 rings (SSSR count). The maximum absolute atomic E-state index is 13.5. The topological polar surface area (TPSA) is 130 Å². The maximum Gasteiger partial charge on any atom is 0.274 e. The van der Waals surface area contributed by atoms with Gasteiger partial charge in [0.2, 0.25) is 0 Å². The second-order valence-corrected chi connectivity index (χ2v) is 14.1. The highest BCUT2D eigenvalue weighted by Gasteiger charge is 2.22. The van der Waals surface area contributed by atoms with Crippen molar-refractivity contribution in [2.45, 2.75) is 12.8 Å². The Kier molecular flexibility index (Phi) is 11.6. The Labute approximate surface area is 317 Å². The van der Waals surface area contributed by atoms with E-state index in [1.165, 1.54) is 11.3 Å². The lowest BCUT2D eigenvalue weighted by molar-refractivity contribution is 0.0383. The molecule has 11 nitrogen and oxygen atoms in total. The number of morpholine rings is 1. The molecule has 6 aromatic rings. The standard InChI is InChI=1S/C42H41N7O4S/c1-48-28-34(45-39(50)32-16-13-30(14-17-32)11-12-31-25-33-9-5-6-10-35(33)44-27-31)26-36(48)40(51)47-42-46-38(37(54-42)18-15-29-7-3-2-4-8-29)41(52)43-19-20-49-21-23-53-24-22-49/h2-14,16-17,25-28H,15,18-24H2,1H3,(H,43,52)(H,45,50)(H,46,47,51)/b12-11+. The van der Waals surface area contributed by atoms with Crippen LogP contribution < -0.4 is 16.0 Å². The first-order valence-corrected chi connectivity index (χ1v) is 18.7. The number of nitrogens with zero attached hydrogens (tertiary/aromatic N) is 4. The van der Waals surface area contributed by atoms with Crippen molar-refractivity contribution < 1.29 is 19.1 Å². The van der Waals surface area contributed by atoms with Crippen molar-refractivity contribution in [2.24, 2.45) is 7.05 Å². The molecule has 3 aromatic carbocycles. The molecule has 0 bridgehead atoms. The molecule has 0 saturated carbocycles. The number of fused-ring (bicyclic) bond motifs is 1. The van der Waals surface area contributed by atoms with E-state index in [4.69, 9.17) is 4.74 Å². The van der Waals surface area contributed by atoms with E-state index >= 15 is 0 Å². The van der Waals surface area contributed by atoms with Crippen LogP contribution in [0, 0.1) is 0 Å². The summed E-state index contributed by atoms with van der Waals surface area (Å²) < 4.78 is 7.06. The van der Waals surface area contributed by atoms with Crippen molar-refractivity contribution in [1.82, 2.24) is 24.8 Å². The van der Waals surface area contributed by atoms with E-state index in [-0.39, 0.29) is 11.8 Å². The summed E-state index contributed by atoms with van der Waals surface area (Å²) in [4.78, 5) is 52.1. The van der Waals surface area contributed by atoms with Crippen LogP contribution in [-0.4, -0.2) is 76.5 Å². The van der Waals surface area contributed by atoms with Crippen LogP contribution >= 0.6 is 11.3 Å². The summed E-state index contributed by atoms with van der Waals surface area (Å²) in [5.41, 5.74) is 5.63. The lowest BCUT2D eigenvalue weighted by Crippen LogP contribution is -2.41. The molecule has 1 saturated heterocycles. The van der Waals surface area contributed by atoms with Crippen LogP contribution in [0.25, 0.3) is 23.1 Å². The zero-order valence-corrected chi connectivity index (χ0v) is 30.8. The lowest BCUT2D eigenvalue weighted by atomic mass is 10.1. The number of benzene rings is 3. The van der Waals surface area contributed by atoms with Gasteiger partial charge in [0.1, 0.15) is 11.4 Å². The molecule has 12 heteroatoms. The molecule has 0 spiro atoms. The van der Waals surface area contributed by atoms with Gasteiger partial charge in [-0.1, -0.05) is 72.8 Å². The molecular formula is C42H41N7O4S. The first-order valence-electron chi connectivity index (χ1n) is 17.9. The zero-order valence-electron chi connectivity index (χ0n) is 30.0. The van der Waals surface area contributed by atoms with Gasteiger partial charge in [0.15, 0.2) is 5.13 Å². The fourth-order valence-electron chi connectivity index (χ4n) is 6.23. The smallest absolute Gasteiger partial charge is 0.274 e. The summed E-state index contributed by atoms with van der Waals surface area (Å²) >= 11 is 1.30. The average molecular weight is 740 g/mol. The van der Waals surface area contributed by atoms with Crippen molar-refractivity contribution in [3.8, 4) is 0 Å². The first-order chi connectivity index (χ1) is 26.4. The van der Waals surface area contributed by atoms with E-state index in [1.807, 2.05) is 72.9 Å². The maximum atomic E-state index is 13.5. The number of hydrogen-bond donors (Lipinski definition) is 3. The summed E-state index contributed by atoms with van der Waals surface area (Å²) in [6.45, 7) is 4.28. The van der Waals surface area contributed by atoms with Gasteiger partial charge in [-0.3, -0.25) is 29.6 Å². The molecule has 1 aliphatic heterocycles. The third-order valence-electron chi connectivity index (χ3n) is 9.18. The van der Waals surface area contributed by atoms with Crippen molar-refractivity contribution >= 4 is 62.9 Å². The molecule has 54 heavy (non-hydrogen) atoms. The summed E-state index contributed by atoms with van der Waals surface area (Å²) in [5.74, 6) is -0.967. The highest BCUT2D eigenvalue weighted by Crippen LogP contribution is 2.26. The van der Waals surface area contributed by atoms with Gasteiger partial charge in [0, 0.05) is 61.4 Å². The van der Waals surface area contributed by atoms with Gasteiger partial charge in [-0.15, -0.1) is 11.3 Å². The molecular weight excluding hydrogens is 699 g/mol. The molecule has 0 radical (unpaired) electrons. The summed E-state index contributed by atoms with van der Waals surface area (Å²) in [6, 6.07) is 29.0. The number of aromatic nitrogens is 3. The number of aryl methyl sites for hydroxylation is 3. The minimum atomic E-state index is -0.404. The number of para-hydroxylation sites is 1. The summed E-state index contributed by atoms with van der Waals surface area (Å²) in [5, 5.41) is 10.2. The highest BCUT2D eigenvalue weighted by molar-refractivity contribution is 7.16. The number of nitrogens with one attached hydrogen (secondary N) is 3. The minimum Gasteiger partial charge on any atom is -0.379 e. The second-order valence-electron chi connectivity index (χ2n) is 13.0. The van der Waals surface area contributed by atoms with E-state index in [9.17, 15) is 14.4 Å². The number of amides is 3. The Morgan fingerprint density at radius 1 is 0.833 bits per heavy atom. The Bertz CT molecular complexity index is 2280. The quantitative estimate of drug-likeness (QED) is 0.123. The summed E-state index contributed by atoms with van der Waals surface area (Å²) in [6.07, 6.45) is 8.82. The predicted octanol–water partition coefficient (Wildman–Crippen LogP) is 6.55. The van der Waals surface area contributed by atoms with Crippen LogP contribution in [0.1, 0.15) is 52.9 Å². The van der Waals surface area contributed by atoms with E-state index in [0.717, 1.165) is 58.5 Å². The van der Waals surface area contributed by atoms with Gasteiger partial charge in [-0.25, -0.2) is 4.98 Å². The van der Waals surface area contributed by atoms with Gasteiger partial charge in [0.25, 0.3) is 17.7 Å². The largest absolute Gasteiger partial charge is 0.379 e. The number of pyridine rings is 1. The minimum absolute atomic E-state index is 0.266. The van der Waals surface area contributed by atoms with Crippen molar-refractivity contribution in [3.63, 3.8) is 0 Å². The number of hydrogen-bond acceptors (Lipinski definition) is 8. The number of thiazole rings is 1. The van der Waals surface area contributed by atoms with Crippen LogP contribution in [0.3, 0.4) is 0 Å². The molecule has 3 N–H and O–H groups in total. The molecule has 0 atom stereocenters. The Morgan fingerprint density at radius 3 is 2.41 bits per heavy atom. The van der Waals surface area contributed by atoms with Crippen LogP contribution in [0.15, 0.2) is 103 Å². The Morgan fingerprint density at radius 2 is 1.59 bits per heavy atom. The molecule has 3 aromatic heterocycles. The second kappa shape index (κ2) is 17.3. The Balaban J connectivity index is 0.977. The van der Waals surface area contributed by atoms with Crippen LogP contribution in [0.4, 0.5) is 10.8 Å². The molecule has 3 amide bonds. The van der Waals surface area contributed by atoms with Crippen molar-refractivity contribution in [2.75, 3.05) is 50.0 Å². The van der Waals surface area contributed by atoms with Gasteiger partial charge < -0.3 is 19.9 Å². The SMILES string of the molecule is Cn1cc(NC(=O)c2ccc(/C=C/c3cnc4ccccc4c3)cc2)cc1C(=O)Nc1nc(C(=O)NCCN2CCOCC2)c(CCc2ccccc2)s1. The molecule has 1 aliphatic rings. The van der Waals surface area contributed by atoms with Gasteiger partial charge in [-0.2, -0.15) is 0 Å². The van der Waals surface area contributed by atoms with E-state index < -0.39 is 5.91 Å². The van der Waals surface area contributed by atoms with E-state index in [1.54, 1.807) is 36.0 Å². The molecule has 274 valence electrons. The monoisotopic (exact) mass is 739 g/mol. The van der Waals surface area contributed by atoms with Crippen LogP contribution in [0.5, 0.6) is 0 Å². The van der Waals surface area contributed by atoms with Gasteiger partial charge in [0.05, 0.1) is 24.4 Å². The lowest BCUT2D eigenvalue weighted by Gasteiger charge is -2.26. The fraction of sp³-hybridized carbons (Fsp3) is 0.214. The number of carbonyl (C=O) groups is 3.